The first-order chi connectivity index (χ1) is 13.7. The first kappa shape index (κ1) is 16.7. The second kappa shape index (κ2) is 6.59. The number of nitrogens with zero attached hydrogens (tertiary/aromatic N) is 6. The van der Waals surface area contributed by atoms with E-state index in [0.717, 1.165) is 5.69 Å². The van der Waals surface area contributed by atoms with E-state index in [1.54, 1.807) is 23.8 Å². The molecule has 1 fully saturated rings. The number of ether oxygens (including phenoxy) is 2. The fraction of sp³-hybridized carbons (Fsp3) is 0.316. The quantitative estimate of drug-likeness (QED) is 0.505. The third-order valence-corrected chi connectivity index (χ3v) is 4.66. The van der Waals surface area contributed by atoms with Crippen LogP contribution in [0.2, 0.25) is 0 Å². The Bertz CT molecular complexity index is 1130. The van der Waals surface area contributed by atoms with Gasteiger partial charge in [0.05, 0.1) is 12.8 Å². The van der Waals surface area contributed by atoms with Crippen LogP contribution in [-0.4, -0.2) is 37.1 Å². The minimum absolute atomic E-state index is 0.278. The zero-order chi connectivity index (χ0) is 19.1. The summed E-state index contributed by atoms with van der Waals surface area (Å²) in [5.74, 6) is 2.62. The lowest BCUT2D eigenvalue weighted by Crippen LogP contribution is -2.05. The molecule has 0 saturated heterocycles. The van der Waals surface area contributed by atoms with Crippen LogP contribution in [0.3, 0.4) is 0 Å². The Balaban J connectivity index is 1.43. The van der Waals surface area contributed by atoms with E-state index in [0.29, 0.717) is 40.5 Å². The Morgan fingerprint density at radius 1 is 1.21 bits per heavy atom. The summed E-state index contributed by atoms with van der Waals surface area (Å²) in [5, 5.41) is 16.8. The topological polar surface area (TPSA) is 100 Å². The predicted octanol–water partition coefficient (Wildman–Crippen LogP) is 2.95. The molecule has 0 unspecified atom stereocenters. The Morgan fingerprint density at radius 2 is 2.11 bits per heavy atom. The molecule has 0 bridgehead atoms. The highest BCUT2D eigenvalue weighted by Gasteiger charge is 2.23. The predicted molar refractivity (Wildman–Crippen MR) is 98.1 cm³/mol. The average molecular weight is 378 g/mol. The number of fused-ring (bicyclic) bond motifs is 1. The van der Waals surface area contributed by atoms with Gasteiger partial charge in [-0.25, -0.2) is 0 Å². The van der Waals surface area contributed by atoms with Crippen molar-refractivity contribution in [3.63, 3.8) is 0 Å². The van der Waals surface area contributed by atoms with Gasteiger partial charge in [-0.05, 0) is 37.3 Å². The zero-order valence-electron chi connectivity index (χ0n) is 15.5. The van der Waals surface area contributed by atoms with Crippen LogP contribution in [0.15, 0.2) is 35.0 Å². The maximum absolute atomic E-state index is 5.88. The smallest absolute Gasteiger partial charge is 0.275 e. The molecule has 9 heteroatoms. The number of hydrogen-bond donors (Lipinski definition) is 0. The van der Waals surface area contributed by atoms with Gasteiger partial charge in [0.15, 0.2) is 17.1 Å². The van der Waals surface area contributed by atoms with E-state index in [2.05, 4.69) is 31.5 Å². The van der Waals surface area contributed by atoms with Crippen molar-refractivity contribution in [1.29, 1.82) is 0 Å². The van der Waals surface area contributed by atoms with Crippen molar-refractivity contribution in [2.75, 3.05) is 7.11 Å². The van der Waals surface area contributed by atoms with Crippen molar-refractivity contribution < 1.29 is 14.0 Å². The van der Waals surface area contributed by atoms with Gasteiger partial charge >= 0.3 is 0 Å². The largest absolute Gasteiger partial charge is 0.491 e. The summed E-state index contributed by atoms with van der Waals surface area (Å²) in [7, 11) is 1.56. The molecule has 0 aliphatic heterocycles. The summed E-state index contributed by atoms with van der Waals surface area (Å²) in [6.45, 7) is 2.09. The standard InChI is InChI=1S/C19H18N6O3/c1-11-7-15(24-28-11)18-22-21-17-8-16(26-2)19(23-25(17)18)27-10-14-6-5-13(9-20-14)12-3-4-12/h5-9,12H,3-4,10H2,1-2H3. The SMILES string of the molecule is COc1cc2nnc(-c3cc(C)on3)n2nc1OCc1ccc(C2CC2)cn1. The summed E-state index contributed by atoms with van der Waals surface area (Å²) in [6.07, 6.45) is 4.44. The number of aromatic nitrogens is 6. The Labute approximate surface area is 160 Å². The number of aryl methyl sites for hydroxylation is 1. The van der Waals surface area contributed by atoms with Gasteiger partial charge in [0.2, 0.25) is 5.82 Å². The molecule has 5 rings (SSSR count). The molecule has 0 amide bonds. The molecule has 1 saturated carbocycles. The Kier molecular flexibility index (Phi) is 3.92. The molecule has 4 aromatic heterocycles. The van der Waals surface area contributed by atoms with E-state index in [-0.39, 0.29) is 6.61 Å². The number of methoxy groups -OCH3 is 1. The highest BCUT2D eigenvalue weighted by atomic mass is 16.5. The van der Waals surface area contributed by atoms with E-state index in [4.69, 9.17) is 14.0 Å². The van der Waals surface area contributed by atoms with Gasteiger partial charge in [-0.15, -0.1) is 15.3 Å². The van der Waals surface area contributed by atoms with Crippen molar-refractivity contribution in [2.45, 2.75) is 32.3 Å². The summed E-state index contributed by atoms with van der Waals surface area (Å²) >= 11 is 0. The van der Waals surface area contributed by atoms with Crippen LogP contribution in [0, 0.1) is 6.92 Å². The molecule has 0 spiro atoms. The normalized spacial score (nSPS) is 13.8. The molecule has 0 aromatic carbocycles. The molecule has 4 heterocycles. The van der Waals surface area contributed by atoms with Crippen LogP contribution in [0.1, 0.15) is 35.8 Å². The molecule has 1 aliphatic rings. The van der Waals surface area contributed by atoms with Crippen molar-refractivity contribution in [3.05, 3.63) is 47.5 Å². The second-order valence-electron chi connectivity index (χ2n) is 6.78. The van der Waals surface area contributed by atoms with Gasteiger partial charge in [0, 0.05) is 18.3 Å². The summed E-state index contributed by atoms with van der Waals surface area (Å²) < 4.78 is 18.0. The second-order valence-corrected chi connectivity index (χ2v) is 6.78. The first-order valence-electron chi connectivity index (χ1n) is 9.03. The van der Waals surface area contributed by atoms with Crippen LogP contribution >= 0.6 is 0 Å². The monoisotopic (exact) mass is 378 g/mol. The lowest BCUT2D eigenvalue weighted by molar-refractivity contribution is 0.264. The molecule has 0 atom stereocenters. The van der Waals surface area contributed by atoms with Crippen molar-refractivity contribution in [1.82, 2.24) is 30.0 Å². The van der Waals surface area contributed by atoms with Crippen LogP contribution in [-0.2, 0) is 6.61 Å². The molecule has 28 heavy (non-hydrogen) atoms. The Hall–Kier alpha value is -3.49. The minimum atomic E-state index is 0.278. The van der Waals surface area contributed by atoms with Gasteiger partial charge in [-0.2, -0.15) is 4.52 Å². The molecular weight excluding hydrogens is 360 g/mol. The molecule has 1 aliphatic carbocycles. The highest BCUT2D eigenvalue weighted by molar-refractivity contribution is 5.56. The third kappa shape index (κ3) is 3.04. The minimum Gasteiger partial charge on any atom is -0.491 e. The van der Waals surface area contributed by atoms with Gasteiger partial charge < -0.3 is 14.0 Å². The van der Waals surface area contributed by atoms with E-state index in [1.165, 1.54) is 18.4 Å². The Morgan fingerprint density at radius 3 is 2.79 bits per heavy atom. The first-order valence-corrected chi connectivity index (χ1v) is 9.03. The summed E-state index contributed by atoms with van der Waals surface area (Å²) in [4.78, 5) is 4.48. The zero-order valence-corrected chi connectivity index (χ0v) is 15.5. The third-order valence-electron chi connectivity index (χ3n) is 4.66. The number of rotatable bonds is 6. The summed E-state index contributed by atoms with van der Waals surface area (Å²) in [5.41, 5.74) is 3.18. The number of pyridine rings is 1. The fourth-order valence-electron chi connectivity index (χ4n) is 3.00. The maximum atomic E-state index is 5.88. The van der Waals surface area contributed by atoms with Gasteiger partial charge in [0.1, 0.15) is 12.4 Å². The van der Waals surface area contributed by atoms with Crippen molar-refractivity contribution in [3.8, 4) is 23.1 Å². The van der Waals surface area contributed by atoms with Crippen LogP contribution in [0.4, 0.5) is 0 Å². The van der Waals surface area contributed by atoms with Crippen molar-refractivity contribution >= 4 is 5.65 Å². The molecule has 142 valence electrons. The van der Waals surface area contributed by atoms with Crippen LogP contribution in [0.5, 0.6) is 11.6 Å². The molecule has 0 N–H and O–H groups in total. The van der Waals surface area contributed by atoms with E-state index in [1.807, 2.05) is 19.2 Å². The summed E-state index contributed by atoms with van der Waals surface area (Å²) in [6, 6.07) is 7.59. The van der Waals surface area contributed by atoms with Crippen LogP contribution < -0.4 is 9.47 Å². The highest BCUT2D eigenvalue weighted by Crippen LogP contribution is 2.39. The molecular formula is C19H18N6O3. The van der Waals surface area contributed by atoms with E-state index in [9.17, 15) is 0 Å². The lowest BCUT2D eigenvalue weighted by atomic mass is 10.2. The van der Waals surface area contributed by atoms with Gasteiger partial charge in [-0.1, -0.05) is 11.2 Å². The van der Waals surface area contributed by atoms with Crippen molar-refractivity contribution in [2.24, 2.45) is 0 Å². The molecule has 4 aromatic rings. The average Bonchev–Trinajstić information content (AvgIpc) is 3.36. The molecule has 0 radical (unpaired) electrons. The van der Waals surface area contributed by atoms with Gasteiger partial charge in [-0.3, -0.25) is 4.98 Å². The van der Waals surface area contributed by atoms with Crippen LogP contribution in [0.25, 0.3) is 17.2 Å². The lowest BCUT2D eigenvalue weighted by Gasteiger charge is -2.10. The van der Waals surface area contributed by atoms with Gasteiger partial charge in [0.25, 0.3) is 5.88 Å². The fourth-order valence-corrected chi connectivity index (χ4v) is 3.00. The molecule has 9 nitrogen and oxygen atoms in total. The number of hydrogen-bond acceptors (Lipinski definition) is 8. The maximum Gasteiger partial charge on any atom is 0.275 e. The van der Waals surface area contributed by atoms with E-state index >= 15 is 0 Å². The van der Waals surface area contributed by atoms with E-state index < -0.39 is 0 Å².